The maximum atomic E-state index is 13.0. The Morgan fingerprint density at radius 2 is 2.00 bits per heavy atom. The van der Waals surface area contributed by atoms with E-state index in [2.05, 4.69) is 12.2 Å². The van der Waals surface area contributed by atoms with Gasteiger partial charge in [-0.2, -0.15) is 4.31 Å². The Balaban J connectivity index is 0.00000225. The first-order chi connectivity index (χ1) is 11.4. The van der Waals surface area contributed by atoms with E-state index in [1.165, 1.54) is 6.07 Å². The van der Waals surface area contributed by atoms with Crippen LogP contribution in [0.1, 0.15) is 32.3 Å². The summed E-state index contributed by atoms with van der Waals surface area (Å²) < 4.78 is 33.1. The standard InChI is InChI=1S/C17H25ClN2O3S.ClH/c1-3-19-11-13-4-6-20(7-5-13)24(21,22)15-9-14-8-12(2)23-17(14)16(18)10-15;/h9-10,12-13,19H,3-8,11H2,1-2H3;1H. The molecule has 0 spiro atoms. The van der Waals surface area contributed by atoms with Crippen molar-refractivity contribution < 1.29 is 13.2 Å². The average Bonchev–Trinajstić information content (AvgIpc) is 2.94. The van der Waals surface area contributed by atoms with Crippen molar-refractivity contribution in [1.82, 2.24) is 9.62 Å². The molecule has 1 fully saturated rings. The summed E-state index contributed by atoms with van der Waals surface area (Å²) >= 11 is 6.25. The van der Waals surface area contributed by atoms with Gasteiger partial charge >= 0.3 is 0 Å². The van der Waals surface area contributed by atoms with Crippen molar-refractivity contribution in [3.63, 3.8) is 0 Å². The second kappa shape index (κ2) is 8.44. The summed E-state index contributed by atoms with van der Waals surface area (Å²) in [6.07, 6.45) is 2.52. The number of rotatable bonds is 5. The van der Waals surface area contributed by atoms with E-state index in [0.717, 1.165) is 31.5 Å². The molecule has 1 saturated heterocycles. The molecule has 3 rings (SSSR count). The lowest BCUT2D eigenvalue weighted by Crippen LogP contribution is -2.40. The van der Waals surface area contributed by atoms with Crippen LogP contribution in [0.25, 0.3) is 0 Å². The summed E-state index contributed by atoms with van der Waals surface area (Å²) in [6.45, 7) is 7.10. The SMILES string of the molecule is CCNCC1CCN(S(=O)(=O)c2cc(Cl)c3c(c2)CC(C)O3)CC1.Cl. The van der Waals surface area contributed by atoms with Gasteiger partial charge in [0.1, 0.15) is 11.9 Å². The van der Waals surface area contributed by atoms with Gasteiger partial charge in [0.15, 0.2) is 0 Å². The average molecular weight is 409 g/mol. The quantitative estimate of drug-likeness (QED) is 0.812. The number of nitrogens with zero attached hydrogens (tertiary/aromatic N) is 1. The lowest BCUT2D eigenvalue weighted by molar-refractivity contribution is 0.255. The fourth-order valence-corrected chi connectivity index (χ4v) is 5.35. The zero-order chi connectivity index (χ0) is 17.3. The molecule has 1 aromatic carbocycles. The Labute approximate surface area is 161 Å². The van der Waals surface area contributed by atoms with E-state index in [1.54, 1.807) is 10.4 Å². The molecule has 1 aromatic rings. The van der Waals surface area contributed by atoms with E-state index in [4.69, 9.17) is 16.3 Å². The minimum absolute atomic E-state index is 0. The molecule has 0 aliphatic carbocycles. The molecule has 2 heterocycles. The summed E-state index contributed by atoms with van der Waals surface area (Å²) in [5.41, 5.74) is 0.885. The van der Waals surface area contributed by atoms with Crippen LogP contribution in [0.2, 0.25) is 5.02 Å². The first kappa shape index (κ1) is 20.8. The summed E-state index contributed by atoms with van der Waals surface area (Å²) in [4.78, 5) is 0.286. The van der Waals surface area contributed by atoms with Gasteiger partial charge in [0.2, 0.25) is 10.0 Å². The van der Waals surface area contributed by atoms with Crippen LogP contribution >= 0.6 is 24.0 Å². The van der Waals surface area contributed by atoms with E-state index in [1.807, 2.05) is 6.92 Å². The number of halogens is 2. The number of piperidine rings is 1. The first-order valence-electron chi connectivity index (χ1n) is 8.61. The molecular weight excluding hydrogens is 383 g/mol. The van der Waals surface area contributed by atoms with Crippen molar-refractivity contribution in [3.05, 3.63) is 22.7 Å². The van der Waals surface area contributed by atoms with Crippen molar-refractivity contribution in [2.24, 2.45) is 5.92 Å². The van der Waals surface area contributed by atoms with Crippen LogP contribution in [0.4, 0.5) is 0 Å². The molecule has 0 aromatic heterocycles. The number of sulfonamides is 1. The Hall–Kier alpha value is -0.530. The van der Waals surface area contributed by atoms with Crippen LogP contribution in [0.5, 0.6) is 5.75 Å². The van der Waals surface area contributed by atoms with Crippen molar-refractivity contribution >= 4 is 34.0 Å². The smallest absolute Gasteiger partial charge is 0.243 e. The fraction of sp³-hybridized carbons (Fsp3) is 0.647. The maximum Gasteiger partial charge on any atom is 0.243 e. The molecule has 0 radical (unpaired) electrons. The summed E-state index contributed by atoms with van der Waals surface area (Å²) in [5, 5.41) is 3.73. The van der Waals surface area contributed by atoms with Gasteiger partial charge in [0.05, 0.1) is 9.92 Å². The normalized spacial score (nSPS) is 21.5. The molecule has 2 aliphatic heterocycles. The fourth-order valence-electron chi connectivity index (χ4n) is 3.46. The third-order valence-corrected chi connectivity index (χ3v) is 6.97. The lowest BCUT2D eigenvalue weighted by atomic mass is 9.98. The molecule has 0 amide bonds. The van der Waals surface area contributed by atoms with E-state index in [-0.39, 0.29) is 23.4 Å². The van der Waals surface area contributed by atoms with Gasteiger partial charge in [-0.05, 0) is 50.9 Å². The molecule has 0 bridgehead atoms. The van der Waals surface area contributed by atoms with E-state index in [9.17, 15) is 8.42 Å². The van der Waals surface area contributed by atoms with Crippen molar-refractivity contribution in [1.29, 1.82) is 0 Å². The predicted molar refractivity (Wildman–Crippen MR) is 103 cm³/mol. The van der Waals surface area contributed by atoms with Crippen LogP contribution < -0.4 is 10.1 Å². The van der Waals surface area contributed by atoms with Crippen LogP contribution in [0.15, 0.2) is 17.0 Å². The minimum atomic E-state index is -3.49. The number of hydrogen-bond acceptors (Lipinski definition) is 4. The van der Waals surface area contributed by atoms with Gasteiger partial charge in [-0.15, -0.1) is 12.4 Å². The number of benzene rings is 1. The zero-order valence-corrected chi connectivity index (χ0v) is 17.0. The molecule has 142 valence electrons. The number of nitrogens with one attached hydrogen (secondary N) is 1. The van der Waals surface area contributed by atoms with E-state index < -0.39 is 10.0 Å². The highest BCUT2D eigenvalue weighted by molar-refractivity contribution is 7.89. The number of ether oxygens (including phenoxy) is 1. The topological polar surface area (TPSA) is 58.6 Å². The molecule has 1 N–H and O–H groups in total. The molecule has 2 aliphatic rings. The Kier molecular flexibility index (Phi) is 7.01. The molecule has 1 atom stereocenters. The monoisotopic (exact) mass is 408 g/mol. The predicted octanol–water partition coefficient (Wildman–Crippen LogP) is 3.10. The Morgan fingerprint density at radius 1 is 1.32 bits per heavy atom. The lowest BCUT2D eigenvalue weighted by Gasteiger charge is -2.31. The molecular formula is C17H26Cl2N2O3S. The van der Waals surface area contributed by atoms with Crippen LogP contribution in [-0.4, -0.2) is 45.0 Å². The van der Waals surface area contributed by atoms with Gasteiger partial charge in [0.25, 0.3) is 0 Å². The molecule has 0 saturated carbocycles. The van der Waals surface area contributed by atoms with Crippen LogP contribution in [-0.2, 0) is 16.4 Å². The summed E-state index contributed by atoms with van der Waals surface area (Å²) in [7, 11) is -3.49. The highest BCUT2D eigenvalue weighted by atomic mass is 35.5. The number of fused-ring (bicyclic) bond motifs is 1. The van der Waals surface area contributed by atoms with Crippen LogP contribution in [0, 0.1) is 5.92 Å². The number of hydrogen-bond donors (Lipinski definition) is 1. The van der Waals surface area contributed by atoms with Gasteiger partial charge in [-0.25, -0.2) is 8.42 Å². The first-order valence-corrected chi connectivity index (χ1v) is 10.4. The second-order valence-corrected chi connectivity index (χ2v) is 9.03. The second-order valence-electron chi connectivity index (χ2n) is 6.68. The maximum absolute atomic E-state index is 13.0. The van der Waals surface area contributed by atoms with Gasteiger partial charge in [-0.1, -0.05) is 18.5 Å². The van der Waals surface area contributed by atoms with Crippen molar-refractivity contribution in [3.8, 4) is 5.75 Å². The Bertz CT molecular complexity index is 704. The van der Waals surface area contributed by atoms with Gasteiger partial charge < -0.3 is 10.1 Å². The highest BCUT2D eigenvalue weighted by Gasteiger charge is 2.32. The molecule has 1 unspecified atom stereocenters. The zero-order valence-electron chi connectivity index (χ0n) is 14.6. The summed E-state index contributed by atoms with van der Waals surface area (Å²) in [6, 6.07) is 3.25. The molecule has 8 heteroatoms. The minimum Gasteiger partial charge on any atom is -0.489 e. The van der Waals surface area contributed by atoms with Crippen LogP contribution in [0.3, 0.4) is 0 Å². The summed E-state index contributed by atoms with van der Waals surface area (Å²) in [5.74, 6) is 1.18. The van der Waals surface area contributed by atoms with E-state index in [0.29, 0.717) is 36.2 Å². The van der Waals surface area contributed by atoms with E-state index >= 15 is 0 Å². The Morgan fingerprint density at radius 3 is 2.64 bits per heavy atom. The molecule has 25 heavy (non-hydrogen) atoms. The largest absolute Gasteiger partial charge is 0.489 e. The van der Waals surface area contributed by atoms with Gasteiger partial charge in [0, 0.05) is 25.1 Å². The third-order valence-electron chi connectivity index (χ3n) is 4.81. The molecule has 5 nitrogen and oxygen atoms in total. The van der Waals surface area contributed by atoms with Gasteiger partial charge in [-0.3, -0.25) is 0 Å². The highest BCUT2D eigenvalue weighted by Crippen LogP contribution is 2.38. The third kappa shape index (κ3) is 4.42. The van der Waals surface area contributed by atoms with Crippen molar-refractivity contribution in [2.75, 3.05) is 26.2 Å². The van der Waals surface area contributed by atoms with Crippen molar-refractivity contribution in [2.45, 2.75) is 44.1 Å².